The van der Waals surface area contributed by atoms with Gasteiger partial charge in [0.1, 0.15) is 0 Å². The number of rotatable bonds is 1. The zero-order valence-corrected chi connectivity index (χ0v) is 8.41. The van der Waals surface area contributed by atoms with Crippen LogP contribution in [0.2, 0.25) is 0 Å². The van der Waals surface area contributed by atoms with Crippen LogP contribution in [-0.2, 0) is 0 Å². The predicted octanol–water partition coefficient (Wildman–Crippen LogP) is 0.575. The fourth-order valence-corrected chi connectivity index (χ4v) is 1.58. The van der Waals surface area contributed by atoms with E-state index >= 15 is 0 Å². The molecule has 3 rings (SSSR count). The number of benzene rings is 1. The minimum atomic E-state index is -0.191. The van der Waals surface area contributed by atoms with Gasteiger partial charge in [0, 0.05) is 10.7 Å². The highest BCUT2D eigenvalue weighted by molar-refractivity contribution is 5.66. The van der Waals surface area contributed by atoms with E-state index in [0.717, 1.165) is 0 Å². The van der Waals surface area contributed by atoms with Crippen LogP contribution < -0.4 is 14.4 Å². The molecule has 0 bridgehead atoms. The Morgan fingerprint density at radius 1 is 1.35 bits per heavy atom. The molecule has 7 nitrogen and oxygen atoms in total. The zero-order chi connectivity index (χ0) is 11.8. The molecule has 2 heterocycles. The number of nitriles is 1. The topological polar surface area (TPSA) is 95.2 Å². The van der Waals surface area contributed by atoms with Crippen molar-refractivity contribution in [2.75, 3.05) is 6.79 Å². The quantitative estimate of drug-likeness (QED) is 0.666. The van der Waals surface area contributed by atoms with E-state index in [-0.39, 0.29) is 23.1 Å². The lowest BCUT2D eigenvalue weighted by molar-refractivity contribution is -0.804. The Labute approximate surface area is 94.9 Å². The van der Waals surface area contributed by atoms with Gasteiger partial charge in [0.15, 0.2) is 17.6 Å². The van der Waals surface area contributed by atoms with Gasteiger partial charge in [-0.05, 0) is 23.1 Å². The highest BCUT2D eigenvalue weighted by Crippen LogP contribution is 2.35. The summed E-state index contributed by atoms with van der Waals surface area (Å²) in [7, 11) is 0. The first-order valence-corrected chi connectivity index (χ1v) is 4.69. The molecular formula is C10H5N3O4. The molecular weight excluding hydrogens is 226 g/mol. The van der Waals surface area contributed by atoms with Crippen molar-refractivity contribution >= 4 is 0 Å². The fourth-order valence-electron chi connectivity index (χ4n) is 1.58. The highest BCUT2D eigenvalue weighted by Gasteiger charge is 2.23. The van der Waals surface area contributed by atoms with Gasteiger partial charge in [0.05, 0.1) is 0 Å². The van der Waals surface area contributed by atoms with E-state index in [0.29, 0.717) is 17.1 Å². The molecule has 0 fully saturated rings. The normalized spacial score (nSPS) is 12.4. The monoisotopic (exact) mass is 231 g/mol. The van der Waals surface area contributed by atoms with Gasteiger partial charge < -0.3 is 14.7 Å². The van der Waals surface area contributed by atoms with Gasteiger partial charge >= 0.3 is 5.69 Å². The Kier molecular flexibility index (Phi) is 1.88. The van der Waals surface area contributed by atoms with Crippen LogP contribution in [0.15, 0.2) is 22.8 Å². The van der Waals surface area contributed by atoms with E-state index in [1.165, 1.54) is 0 Å². The maximum absolute atomic E-state index is 11.1. The van der Waals surface area contributed by atoms with E-state index in [9.17, 15) is 5.21 Å². The number of hydrogen-bond acceptors (Lipinski definition) is 6. The van der Waals surface area contributed by atoms with Crippen LogP contribution in [0, 0.1) is 16.5 Å². The third-order valence-electron chi connectivity index (χ3n) is 2.37. The number of hydrogen-bond donors (Lipinski definition) is 0. The first-order chi connectivity index (χ1) is 8.29. The lowest BCUT2D eigenvalue weighted by atomic mass is 10.1. The number of aromatic nitrogens is 2. The zero-order valence-electron chi connectivity index (χ0n) is 8.41. The number of nitrogens with zero attached hydrogens (tertiary/aromatic N) is 3. The molecule has 1 aliphatic heterocycles. The van der Waals surface area contributed by atoms with Gasteiger partial charge in [0.2, 0.25) is 6.79 Å². The Morgan fingerprint density at radius 2 is 2.18 bits per heavy atom. The van der Waals surface area contributed by atoms with Crippen molar-refractivity contribution in [2.45, 2.75) is 0 Å². The van der Waals surface area contributed by atoms with Gasteiger partial charge in [-0.2, -0.15) is 5.26 Å². The smallest absolute Gasteiger partial charge is 0.302 e. The maximum Gasteiger partial charge on any atom is 0.302 e. The first kappa shape index (κ1) is 9.47. The molecule has 0 spiro atoms. The molecule has 0 atom stereocenters. The van der Waals surface area contributed by atoms with Crippen molar-refractivity contribution in [3.05, 3.63) is 29.1 Å². The number of fused-ring (bicyclic) bond motifs is 1. The van der Waals surface area contributed by atoms with Crippen molar-refractivity contribution in [1.82, 2.24) is 5.16 Å². The molecule has 0 aliphatic carbocycles. The molecule has 1 aromatic heterocycles. The molecule has 2 aromatic rings. The molecule has 0 N–H and O–H groups in total. The van der Waals surface area contributed by atoms with Crippen LogP contribution in [-0.4, -0.2) is 11.9 Å². The largest absolute Gasteiger partial charge is 0.454 e. The van der Waals surface area contributed by atoms with Gasteiger partial charge in [-0.1, -0.05) is 0 Å². The number of ether oxygens (including phenoxy) is 2. The van der Waals surface area contributed by atoms with Gasteiger partial charge in [-0.25, -0.2) is 0 Å². The minimum absolute atomic E-state index is 0.0694. The van der Waals surface area contributed by atoms with E-state index in [1.807, 2.05) is 0 Å². The summed E-state index contributed by atoms with van der Waals surface area (Å²) in [6.45, 7) is 0.157. The molecule has 7 heteroatoms. The molecule has 17 heavy (non-hydrogen) atoms. The van der Waals surface area contributed by atoms with Crippen molar-refractivity contribution in [2.24, 2.45) is 0 Å². The van der Waals surface area contributed by atoms with Crippen LogP contribution in [0.4, 0.5) is 0 Å². The summed E-state index contributed by atoms with van der Waals surface area (Å²) in [6, 6.07) is 6.73. The Morgan fingerprint density at radius 3 is 3.00 bits per heavy atom. The van der Waals surface area contributed by atoms with E-state index in [2.05, 4.69) is 9.79 Å². The Hall–Kier alpha value is -2.75. The maximum atomic E-state index is 11.1. The standard InChI is InChI=1S/C10H5N3O4/c11-4-7-10(12-17-13(7)14)6-1-2-8-9(3-6)16-5-15-8/h1-3H,5H2. The Bertz CT molecular complexity index is 629. The van der Waals surface area contributed by atoms with Crippen LogP contribution in [0.5, 0.6) is 11.5 Å². The summed E-state index contributed by atoms with van der Waals surface area (Å²) in [4.78, 5) is 0.0694. The van der Waals surface area contributed by atoms with Gasteiger partial charge in [0.25, 0.3) is 5.69 Å². The van der Waals surface area contributed by atoms with Crippen molar-refractivity contribution in [3.63, 3.8) is 0 Å². The Balaban J connectivity index is 2.13. The molecule has 84 valence electrons. The molecule has 0 amide bonds. The van der Waals surface area contributed by atoms with E-state index in [4.69, 9.17) is 14.7 Å². The molecule has 0 saturated carbocycles. The molecule has 1 aromatic carbocycles. The third kappa shape index (κ3) is 1.35. The summed E-state index contributed by atoms with van der Waals surface area (Å²) < 4.78 is 14.7. The highest BCUT2D eigenvalue weighted by atomic mass is 16.8. The van der Waals surface area contributed by atoms with Gasteiger partial charge in [-0.15, -0.1) is 0 Å². The van der Waals surface area contributed by atoms with Crippen LogP contribution >= 0.6 is 0 Å². The third-order valence-corrected chi connectivity index (χ3v) is 2.37. The van der Waals surface area contributed by atoms with Crippen molar-refractivity contribution in [3.8, 4) is 28.8 Å². The average molecular weight is 231 g/mol. The molecule has 1 aliphatic rings. The average Bonchev–Trinajstić information content (AvgIpc) is 2.93. The summed E-state index contributed by atoms with van der Waals surface area (Å²) in [5.74, 6) is 1.16. The summed E-state index contributed by atoms with van der Waals surface area (Å²) in [6.07, 6.45) is 0. The van der Waals surface area contributed by atoms with E-state index in [1.54, 1.807) is 24.3 Å². The SMILES string of the molecule is N#Cc1c(-c2ccc3c(c2)OCO3)no[n+]1[O-]. The van der Waals surface area contributed by atoms with Crippen molar-refractivity contribution < 1.29 is 19.0 Å². The van der Waals surface area contributed by atoms with E-state index < -0.39 is 0 Å². The fraction of sp³-hybridized carbons (Fsp3) is 0.100. The van der Waals surface area contributed by atoms with Crippen LogP contribution in [0.1, 0.15) is 5.69 Å². The summed E-state index contributed by atoms with van der Waals surface area (Å²) >= 11 is 0. The second-order valence-electron chi connectivity index (χ2n) is 3.31. The lowest BCUT2D eigenvalue weighted by Gasteiger charge is -1.96. The second-order valence-corrected chi connectivity index (χ2v) is 3.31. The molecule has 0 unspecified atom stereocenters. The predicted molar refractivity (Wildman–Crippen MR) is 51.7 cm³/mol. The first-order valence-electron chi connectivity index (χ1n) is 4.69. The molecule has 0 saturated heterocycles. The van der Waals surface area contributed by atoms with Crippen LogP contribution in [0.25, 0.3) is 11.3 Å². The van der Waals surface area contributed by atoms with Crippen LogP contribution in [0.3, 0.4) is 0 Å². The lowest BCUT2D eigenvalue weighted by Crippen LogP contribution is -2.26. The molecule has 0 radical (unpaired) electrons. The summed E-state index contributed by atoms with van der Waals surface area (Å²) in [5, 5.41) is 23.4. The van der Waals surface area contributed by atoms with Crippen molar-refractivity contribution in [1.29, 1.82) is 5.26 Å². The minimum Gasteiger partial charge on any atom is -0.454 e. The second kappa shape index (κ2) is 3.38. The van der Waals surface area contributed by atoms with Gasteiger partial charge in [-0.3, -0.25) is 4.63 Å². The summed E-state index contributed by atoms with van der Waals surface area (Å²) in [5.41, 5.74) is 0.550.